The maximum atomic E-state index is 13.3. The van der Waals surface area contributed by atoms with Gasteiger partial charge in [-0.1, -0.05) is 6.58 Å². The minimum atomic E-state index is -0.523. The van der Waals surface area contributed by atoms with Gasteiger partial charge in [0.15, 0.2) is 0 Å². The standard InChI is InChI=1S/C14H13F2N3/c1-3-12(16)13(17)4-8(2)11-7-19-14-10(11)5-9(15)6-18-14/h3-7H,2,17H2,1H3,(H,18,19)/b12-3+,13-4+. The molecule has 19 heavy (non-hydrogen) atoms. The molecule has 2 aromatic rings. The van der Waals surface area contributed by atoms with E-state index in [-0.39, 0.29) is 5.70 Å². The average Bonchev–Trinajstić information content (AvgIpc) is 2.80. The number of H-pyrrole nitrogens is 1. The monoisotopic (exact) mass is 261 g/mol. The molecular weight excluding hydrogens is 248 g/mol. The number of nitrogens with two attached hydrogens (primary N) is 1. The maximum absolute atomic E-state index is 13.3. The number of nitrogens with zero attached hydrogens (tertiary/aromatic N) is 1. The molecule has 0 spiro atoms. The molecule has 2 rings (SSSR count). The van der Waals surface area contributed by atoms with Crippen molar-refractivity contribution in [2.24, 2.45) is 5.73 Å². The van der Waals surface area contributed by atoms with Gasteiger partial charge in [0.05, 0.1) is 11.9 Å². The lowest BCUT2D eigenvalue weighted by Gasteiger charge is -2.01. The molecule has 0 aliphatic carbocycles. The summed E-state index contributed by atoms with van der Waals surface area (Å²) in [6.07, 6.45) is 5.42. The minimum absolute atomic E-state index is 0.0220. The zero-order chi connectivity index (χ0) is 14.0. The summed E-state index contributed by atoms with van der Waals surface area (Å²) in [5, 5.41) is 0.579. The van der Waals surface area contributed by atoms with Crippen LogP contribution in [0, 0.1) is 5.82 Å². The van der Waals surface area contributed by atoms with Crippen molar-refractivity contribution in [3.63, 3.8) is 0 Å². The molecule has 0 unspecified atom stereocenters. The molecule has 2 aromatic heterocycles. The lowest BCUT2D eigenvalue weighted by atomic mass is 10.1. The Bertz CT molecular complexity index is 696. The van der Waals surface area contributed by atoms with Gasteiger partial charge in [-0.2, -0.15) is 0 Å². The van der Waals surface area contributed by atoms with Gasteiger partial charge in [-0.25, -0.2) is 13.8 Å². The summed E-state index contributed by atoms with van der Waals surface area (Å²) in [5.41, 5.74) is 7.19. The lowest BCUT2D eigenvalue weighted by molar-refractivity contribution is 0.624. The second kappa shape index (κ2) is 5.06. The van der Waals surface area contributed by atoms with Gasteiger partial charge in [0.2, 0.25) is 0 Å². The SMILES string of the molecule is C=C(/C=C(N)\C(F)=C/C)c1c[nH]c2ncc(F)cc12. The number of fused-ring (bicyclic) bond motifs is 1. The molecule has 0 saturated carbocycles. The first-order valence-corrected chi connectivity index (χ1v) is 5.64. The number of allylic oxidation sites excluding steroid dienone is 4. The first kappa shape index (κ1) is 13.0. The van der Waals surface area contributed by atoms with E-state index in [1.165, 1.54) is 18.2 Å². The molecular formula is C14H13F2N3. The topological polar surface area (TPSA) is 54.7 Å². The van der Waals surface area contributed by atoms with Crippen molar-refractivity contribution in [1.82, 2.24) is 9.97 Å². The fourth-order valence-corrected chi connectivity index (χ4v) is 1.74. The summed E-state index contributed by atoms with van der Waals surface area (Å²) in [4.78, 5) is 6.80. The van der Waals surface area contributed by atoms with Crippen LogP contribution in [0.15, 0.2) is 48.7 Å². The van der Waals surface area contributed by atoms with E-state index in [9.17, 15) is 8.78 Å². The van der Waals surface area contributed by atoms with Crippen LogP contribution in [-0.2, 0) is 0 Å². The van der Waals surface area contributed by atoms with E-state index in [0.29, 0.717) is 22.2 Å². The van der Waals surface area contributed by atoms with Crippen molar-refractivity contribution in [2.45, 2.75) is 6.92 Å². The second-order valence-corrected chi connectivity index (χ2v) is 4.01. The van der Waals surface area contributed by atoms with E-state index in [2.05, 4.69) is 16.5 Å². The molecule has 3 N–H and O–H groups in total. The Morgan fingerprint density at radius 1 is 1.53 bits per heavy atom. The van der Waals surface area contributed by atoms with E-state index < -0.39 is 11.6 Å². The van der Waals surface area contributed by atoms with Crippen molar-refractivity contribution in [3.8, 4) is 0 Å². The Kier molecular flexibility index (Phi) is 3.46. The van der Waals surface area contributed by atoms with Crippen molar-refractivity contribution in [1.29, 1.82) is 0 Å². The van der Waals surface area contributed by atoms with Gasteiger partial charge in [0.25, 0.3) is 0 Å². The molecule has 98 valence electrons. The normalized spacial score (nSPS) is 13.0. The fourth-order valence-electron chi connectivity index (χ4n) is 1.74. The zero-order valence-corrected chi connectivity index (χ0v) is 10.4. The van der Waals surface area contributed by atoms with Gasteiger partial charge in [-0.3, -0.25) is 0 Å². The molecule has 0 aromatic carbocycles. The highest BCUT2D eigenvalue weighted by Gasteiger charge is 2.09. The molecule has 5 heteroatoms. The van der Waals surface area contributed by atoms with Crippen LogP contribution in [0.4, 0.5) is 8.78 Å². The first-order chi connectivity index (χ1) is 9.02. The Morgan fingerprint density at radius 2 is 2.26 bits per heavy atom. The van der Waals surface area contributed by atoms with Crippen LogP contribution in [0.25, 0.3) is 16.6 Å². The van der Waals surface area contributed by atoms with Gasteiger partial charge in [-0.15, -0.1) is 0 Å². The molecule has 0 aliphatic heterocycles. The smallest absolute Gasteiger partial charge is 0.142 e. The van der Waals surface area contributed by atoms with E-state index in [1.807, 2.05) is 0 Å². The van der Waals surface area contributed by atoms with E-state index in [4.69, 9.17) is 5.73 Å². The average molecular weight is 261 g/mol. The summed E-state index contributed by atoms with van der Waals surface area (Å²) in [7, 11) is 0. The molecule has 0 aliphatic rings. The Labute approximate surface area is 109 Å². The molecule has 2 heterocycles. The van der Waals surface area contributed by atoms with Gasteiger partial charge < -0.3 is 10.7 Å². The Balaban J connectivity index is 2.45. The summed E-state index contributed by atoms with van der Waals surface area (Å²) in [5.74, 6) is -0.969. The largest absolute Gasteiger partial charge is 0.396 e. The van der Waals surface area contributed by atoms with Crippen molar-refractivity contribution in [2.75, 3.05) is 0 Å². The van der Waals surface area contributed by atoms with Crippen LogP contribution in [0.3, 0.4) is 0 Å². The van der Waals surface area contributed by atoms with Crippen molar-refractivity contribution < 1.29 is 8.78 Å². The van der Waals surface area contributed by atoms with E-state index >= 15 is 0 Å². The zero-order valence-electron chi connectivity index (χ0n) is 10.4. The van der Waals surface area contributed by atoms with Crippen LogP contribution < -0.4 is 5.73 Å². The number of pyridine rings is 1. The van der Waals surface area contributed by atoms with Gasteiger partial charge in [0, 0.05) is 17.1 Å². The van der Waals surface area contributed by atoms with Crippen molar-refractivity contribution in [3.05, 3.63) is 60.1 Å². The summed E-state index contributed by atoms with van der Waals surface area (Å²) < 4.78 is 26.4. The number of rotatable bonds is 3. The minimum Gasteiger partial charge on any atom is -0.396 e. The molecule has 0 amide bonds. The molecule has 0 fully saturated rings. The lowest BCUT2D eigenvalue weighted by Crippen LogP contribution is -1.97. The predicted octanol–water partition coefficient (Wildman–Crippen LogP) is 3.43. The fraction of sp³-hybridized carbons (Fsp3) is 0.0714. The highest BCUT2D eigenvalue weighted by atomic mass is 19.1. The Hall–Kier alpha value is -2.43. The molecule has 0 saturated heterocycles. The third-order valence-corrected chi connectivity index (χ3v) is 2.70. The predicted molar refractivity (Wildman–Crippen MR) is 72.2 cm³/mol. The summed E-state index contributed by atoms with van der Waals surface area (Å²) >= 11 is 0. The van der Waals surface area contributed by atoms with Crippen molar-refractivity contribution >= 4 is 16.6 Å². The number of aromatic amines is 1. The Morgan fingerprint density at radius 3 is 2.95 bits per heavy atom. The molecule has 0 bridgehead atoms. The third kappa shape index (κ3) is 2.54. The van der Waals surface area contributed by atoms with Crippen LogP contribution in [-0.4, -0.2) is 9.97 Å². The highest BCUT2D eigenvalue weighted by molar-refractivity contribution is 5.92. The van der Waals surface area contributed by atoms with E-state index in [0.717, 1.165) is 6.20 Å². The first-order valence-electron chi connectivity index (χ1n) is 5.64. The summed E-state index contributed by atoms with van der Waals surface area (Å²) in [6, 6.07) is 1.34. The number of nitrogens with one attached hydrogen (secondary N) is 1. The molecule has 0 atom stereocenters. The van der Waals surface area contributed by atoms with Crippen LogP contribution in [0.1, 0.15) is 12.5 Å². The second-order valence-electron chi connectivity index (χ2n) is 4.01. The molecule has 0 radical (unpaired) electrons. The van der Waals surface area contributed by atoms with Crippen LogP contribution >= 0.6 is 0 Å². The van der Waals surface area contributed by atoms with Gasteiger partial charge in [0.1, 0.15) is 17.3 Å². The summed E-state index contributed by atoms with van der Waals surface area (Å²) in [6.45, 7) is 5.36. The van der Waals surface area contributed by atoms with E-state index in [1.54, 1.807) is 13.1 Å². The van der Waals surface area contributed by atoms with Gasteiger partial charge >= 0.3 is 0 Å². The van der Waals surface area contributed by atoms with Crippen LogP contribution in [0.5, 0.6) is 0 Å². The van der Waals surface area contributed by atoms with Crippen LogP contribution in [0.2, 0.25) is 0 Å². The number of aromatic nitrogens is 2. The quantitative estimate of drug-likeness (QED) is 0.832. The third-order valence-electron chi connectivity index (χ3n) is 2.70. The van der Waals surface area contributed by atoms with Gasteiger partial charge in [-0.05, 0) is 30.7 Å². The number of hydrogen-bond acceptors (Lipinski definition) is 2. The maximum Gasteiger partial charge on any atom is 0.142 e. The molecule has 3 nitrogen and oxygen atoms in total. The number of halogens is 2. The highest BCUT2D eigenvalue weighted by Crippen LogP contribution is 2.25. The number of hydrogen-bond donors (Lipinski definition) is 2.